The van der Waals surface area contributed by atoms with Crippen molar-refractivity contribution in [2.75, 3.05) is 0 Å². The predicted molar refractivity (Wildman–Crippen MR) is 75.1 cm³/mol. The van der Waals surface area contributed by atoms with E-state index in [0.29, 0.717) is 5.82 Å². The number of nitrogens with zero attached hydrogens (tertiary/aromatic N) is 2. The number of nitrogens with one attached hydrogen (secondary N) is 1. The molecule has 0 aliphatic carbocycles. The van der Waals surface area contributed by atoms with Crippen LogP contribution in [0.5, 0.6) is 5.75 Å². The Balaban J connectivity index is 2.32. The fourth-order valence-corrected chi connectivity index (χ4v) is 3.35. The van der Waals surface area contributed by atoms with E-state index in [1.165, 1.54) is 25.3 Å². The Hall–Kier alpha value is -2.07. The van der Waals surface area contributed by atoms with Crippen molar-refractivity contribution >= 4 is 10.0 Å². The zero-order chi connectivity index (χ0) is 17.3. The van der Waals surface area contributed by atoms with Crippen molar-refractivity contribution in [3.05, 3.63) is 42.5 Å². The predicted octanol–water partition coefficient (Wildman–Crippen LogP) is 2.36. The average molecular weight is 349 g/mol. The van der Waals surface area contributed by atoms with E-state index < -0.39 is 33.1 Å². The minimum absolute atomic E-state index is 0.419. The number of imidazole rings is 1. The maximum absolute atomic E-state index is 12.4. The fraction of sp³-hybridized carbons (Fsp3) is 0.308. The highest BCUT2D eigenvalue weighted by atomic mass is 32.2. The van der Waals surface area contributed by atoms with E-state index in [4.69, 9.17) is 0 Å². The lowest BCUT2D eigenvalue weighted by Crippen LogP contribution is -2.29. The third-order valence-electron chi connectivity index (χ3n) is 2.94. The summed E-state index contributed by atoms with van der Waals surface area (Å²) in [5, 5.41) is 0. The number of benzene rings is 1. The molecule has 0 saturated heterocycles. The third kappa shape index (κ3) is 4.23. The van der Waals surface area contributed by atoms with E-state index in [1.54, 1.807) is 17.8 Å². The van der Waals surface area contributed by atoms with Crippen LogP contribution in [0.1, 0.15) is 18.8 Å². The molecule has 0 aliphatic rings. The summed E-state index contributed by atoms with van der Waals surface area (Å²) in [5.41, 5.74) is 0. The minimum atomic E-state index is -4.99. The van der Waals surface area contributed by atoms with Gasteiger partial charge in [0.1, 0.15) is 16.5 Å². The zero-order valence-electron chi connectivity index (χ0n) is 12.2. The Morgan fingerprint density at radius 2 is 1.96 bits per heavy atom. The van der Waals surface area contributed by atoms with E-state index in [2.05, 4.69) is 14.4 Å². The number of para-hydroxylation sites is 1. The van der Waals surface area contributed by atoms with E-state index in [9.17, 15) is 21.6 Å². The molecule has 2 rings (SSSR count). The summed E-state index contributed by atoms with van der Waals surface area (Å²) in [4.78, 5) is 3.40. The molecule has 1 heterocycles. The molecule has 126 valence electrons. The van der Waals surface area contributed by atoms with Gasteiger partial charge in [-0.05, 0) is 19.1 Å². The number of hydrogen-bond donors (Lipinski definition) is 1. The van der Waals surface area contributed by atoms with Gasteiger partial charge in [0.2, 0.25) is 10.0 Å². The molecule has 0 saturated carbocycles. The molecule has 1 atom stereocenters. The highest BCUT2D eigenvalue weighted by molar-refractivity contribution is 7.89. The van der Waals surface area contributed by atoms with Gasteiger partial charge in [0, 0.05) is 19.4 Å². The molecule has 0 spiro atoms. The lowest BCUT2D eigenvalue weighted by molar-refractivity contribution is -0.275. The molecule has 1 aromatic heterocycles. The van der Waals surface area contributed by atoms with Gasteiger partial charge in [-0.2, -0.15) is 0 Å². The summed E-state index contributed by atoms with van der Waals surface area (Å²) in [6.07, 6.45) is -1.88. The van der Waals surface area contributed by atoms with Crippen molar-refractivity contribution in [2.24, 2.45) is 7.05 Å². The van der Waals surface area contributed by atoms with Gasteiger partial charge in [-0.15, -0.1) is 13.2 Å². The molecular weight excluding hydrogens is 335 g/mol. The minimum Gasteiger partial charge on any atom is -0.404 e. The molecule has 1 aromatic carbocycles. The third-order valence-corrected chi connectivity index (χ3v) is 4.52. The van der Waals surface area contributed by atoms with Gasteiger partial charge in [0.25, 0.3) is 0 Å². The monoisotopic (exact) mass is 349 g/mol. The number of rotatable bonds is 5. The SMILES string of the molecule is CC(NS(=O)(=O)c1ccccc1OC(F)(F)F)c1nccn1C. The summed E-state index contributed by atoms with van der Waals surface area (Å²) < 4.78 is 69.6. The topological polar surface area (TPSA) is 73.2 Å². The molecule has 2 aromatic rings. The van der Waals surface area contributed by atoms with Crippen LogP contribution in [0.25, 0.3) is 0 Å². The standard InChI is InChI=1S/C13H14F3N3O3S/c1-9(12-17-7-8-19(12)2)18-23(20,21)11-6-4-3-5-10(11)22-13(14,15)16/h3-9,18H,1-2H3. The molecular formula is C13H14F3N3O3S. The van der Waals surface area contributed by atoms with Crippen molar-refractivity contribution in [3.63, 3.8) is 0 Å². The molecule has 0 fully saturated rings. The molecule has 0 aliphatic heterocycles. The maximum atomic E-state index is 12.4. The summed E-state index contributed by atoms with van der Waals surface area (Å²) in [7, 11) is -2.56. The Bertz CT molecular complexity index is 787. The van der Waals surface area contributed by atoms with E-state index in [1.807, 2.05) is 0 Å². The molecule has 1 unspecified atom stereocenters. The summed E-state index contributed by atoms with van der Waals surface area (Å²) in [6.45, 7) is 1.53. The first kappa shape index (κ1) is 17.3. The second-order valence-electron chi connectivity index (χ2n) is 4.73. The van der Waals surface area contributed by atoms with Gasteiger partial charge in [-0.25, -0.2) is 18.1 Å². The fourth-order valence-electron chi connectivity index (χ4n) is 2.02. The normalized spacial score (nSPS) is 13.8. The first-order valence-electron chi connectivity index (χ1n) is 6.44. The molecule has 0 amide bonds. The number of aromatic nitrogens is 2. The van der Waals surface area contributed by atoms with E-state index >= 15 is 0 Å². The number of ether oxygens (including phenoxy) is 1. The van der Waals surface area contributed by atoms with Gasteiger partial charge >= 0.3 is 6.36 Å². The number of hydrogen-bond acceptors (Lipinski definition) is 4. The number of halogens is 3. The van der Waals surface area contributed by atoms with Crippen molar-refractivity contribution in [3.8, 4) is 5.75 Å². The Labute approximate surface area is 131 Å². The van der Waals surface area contributed by atoms with Crippen LogP contribution in [-0.2, 0) is 17.1 Å². The first-order valence-corrected chi connectivity index (χ1v) is 7.93. The number of sulfonamides is 1. The average Bonchev–Trinajstić information content (AvgIpc) is 2.83. The molecule has 0 bridgehead atoms. The van der Waals surface area contributed by atoms with Crippen LogP contribution in [0.15, 0.2) is 41.6 Å². The van der Waals surface area contributed by atoms with Gasteiger partial charge in [0.15, 0.2) is 0 Å². The van der Waals surface area contributed by atoms with Crippen LogP contribution in [-0.4, -0.2) is 24.3 Å². The second kappa shape index (κ2) is 6.20. The lowest BCUT2D eigenvalue weighted by Gasteiger charge is -2.17. The Morgan fingerprint density at radius 3 is 2.52 bits per heavy atom. The molecule has 0 radical (unpaired) electrons. The number of aryl methyl sites for hydroxylation is 1. The maximum Gasteiger partial charge on any atom is 0.573 e. The van der Waals surface area contributed by atoms with Crippen LogP contribution >= 0.6 is 0 Å². The smallest absolute Gasteiger partial charge is 0.404 e. The van der Waals surface area contributed by atoms with Crippen molar-refractivity contribution < 1.29 is 26.3 Å². The highest BCUT2D eigenvalue weighted by Gasteiger charge is 2.34. The summed E-state index contributed by atoms with van der Waals surface area (Å²) in [5.74, 6) is -0.373. The van der Waals surface area contributed by atoms with Gasteiger partial charge in [-0.1, -0.05) is 12.1 Å². The van der Waals surface area contributed by atoms with Crippen molar-refractivity contribution in [2.45, 2.75) is 24.2 Å². The van der Waals surface area contributed by atoms with Gasteiger partial charge in [-0.3, -0.25) is 0 Å². The summed E-state index contributed by atoms with van der Waals surface area (Å²) >= 11 is 0. The second-order valence-corrected chi connectivity index (χ2v) is 6.42. The van der Waals surface area contributed by atoms with Crippen LogP contribution in [0, 0.1) is 0 Å². The van der Waals surface area contributed by atoms with Gasteiger partial charge < -0.3 is 9.30 Å². The quantitative estimate of drug-likeness (QED) is 0.899. The zero-order valence-corrected chi connectivity index (χ0v) is 13.0. The van der Waals surface area contributed by atoms with E-state index in [-0.39, 0.29) is 0 Å². The van der Waals surface area contributed by atoms with E-state index in [0.717, 1.165) is 12.1 Å². The Kier molecular flexibility index (Phi) is 4.66. The molecule has 1 N–H and O–H groups in total. The molecule has 23 heavy (non-hydrogen) atoms. The van der Waals surface area contributed by atoms with Crippen LogP contribution in [0.4, 0.5) is 13.2 Å². The summed E-state index contributed by atoms with van der Waals surface area (Å²) in [6, 6.07) is 3.80. The van der Waals surface area contributed by atoms with Crippen molar-refractivity contribution in [1.29, 1.82) is 0 Å². The van der Waals surface area contributed by atoms with Crippen LogP contribution in [0.3, 0.4) is 0 Å². The van der Waals surface area contributed by atoms with Crippen LogP contribution < -0.4 is 9.46 Å². The van der Waals surface area contributed by atoms with Gasteiger partial charge in [0.05, 0.1) is 6.04 Å². The lowest BCUT2D eigenvalue weighted by atomic mass is 10.3. The largest absolute Gasteiger partial charge is 0.573 e. The van der Waals surface area contributed by atoms with Crippen LogP contribution in [0.2, 0.25) is 0 Å². The van der Waals surface area contributed by atoms with Crippen molar-refractivity contribution in [1.82, 2.24) is 14.3 Å². The molecule has 6 nitrogen and oxygen atoms in total. The first-order chi connectivity index (χ1) is 10.6. The molecule has 10 heteroatoms. The number of alkyl halides is 3. The Morgan fingerprint density at radius 1 is 1.30 bits per heavy atom. The highest BCUT2D eigenvalue weighted by Crippen LogP contribution is 2.30.